The van der Waals surface area contributed by atoms with Crippen molar-refractivity contribution in [3.63, 3.8) is 0 Å². The fourth-order valence-corrected chi connectivity index (χ4v) is 4.19. The van der Waals surface area contributed by atoms with E-state index in [-0.39, 0.29) is 5.91 Å². The SMILES string of the molecule is O=C(CC1CCN(c2ccnc3cnc4[nH]ccc4c23)CC1)NCC1CC1. The molecular weight excluding hydrogens is 338 g/mol. The van der Waals surface area contributed by atoms with Gasteiger partial charge in [0.25, 0.3) is 0 Å². The number of hydrogen-bond donors (Lipinski definition) is 2. The normalized spacial score (nSPS) is 18.3. The second kappa shape index (κ2) is 6.83. The fourth-order valence-electron chi connectivity index (χ4n) is 4.19. The molecule has 0 unspecified atom stereocenters. The maximum absolute atomic E-state index is 12.1. The predicted molar refractivity (Wildman–Crippen MR) is 107 cm³/mol. The van der Waals surface area contributed by atoms with Crippen molar-refractivity contribution in [3.8, 4) is 0 Å². The first-order chi connectivity index (χ1) is 13.3. The van der Waals surface area contributed by atoms with Crippen LogP contribution in [0.25, 0.3) is 21.9 Å². The molecule has 0 spiro atoms. The molecule has 6 nitrogen and oxygen atoms in total. The quantitative estimate of drug-likeness (QED) is 0.730. The second-order valence-corrected chi connectivity index (χ2v) is 7.97. The number of carbonyl (C=O) groups excluding carboxylic acids is 1. The van der Waals surface area contributed by atoms with Crippen LogP contribution in [0.15, 0.2) is 30.7 Å². The first-order valence-electron chi connectivity index (χ1n) is 10.0. The molecule has 5 rings (SSSR count). The Balaban J connectivity index is 1.29. The fraction of sp³-hybridized carbons (Fsp3) is 0.476. The van der Waals surface area contributed by atoms with Crippen molar-refractivity contribution in [1.29, 1.82) is 0 Å². The van der Waals surface area contributed by atoms with Gasteiger partial charge in [-0.2, -0.15) is 0 Å². The highest BCUT2D eigenvalue weighted by molar-refractivity contribution is 6.09. The average Bonchev–Trinajstić information content (AvgIpc) is 3.40. The first kappa shape index (κ1) is 16.5. The van der Waals surface area contributed by atoms with Crippen LogP contribution in [0.5, 0.6) is 0 Å². The molecule has 0 radical (unpaired) electrons. The van der Waals surface area contributed by atoms with Gasteiger partial charge in [0.1, 0.15) is 5.65 Å². The average molecular weight is 363 g/mol. The van der Waals surface area contributed by atoms with Gasteiger partial charge < -0.3 is 15.2 Å². The van der Waals surface area contributed by atoms with E-state index in [1.807, 2.05) is 18.6 Å². The zero-order valence-corrected chi connectivity index (χ0v) is 15.4. The van der Waals surface area contributed by atoms with Crippen LogP contribution in [0.1, 0.15) is 32.1 Å². The molecule has 0 bridgehead atoms. The number of hydrogen-bond acceptors (Lipinski definition) is 4. The number of carbonyl (C=O) groups is 1. The minimum atomic E-state index is 0.231. The van der Waals surface area contributed by atoms with Gasteiger partial charge in [-0.15, -0.1) is 0 Å². The van der Waals surface area contributed by atoms with E-state index in [4.69, 9.17) is 0 Å². The Morgan fingerprint density at radius 2 is 2.00 bits per heavy atom. The lowest BCUT2D eigenvalue weighted by molar-refractivity contribution is -0.122. The number of nitrogens with zero attached hydrogens (tertiary/aromatic N) is 3. The molecule has 0 atom stereocenters. The molecule has 6 heteroatoms. The van der Waals surface area contributed by atoms with Gasteiger partial charge in [0.05, 0.1) is 11.7 Å². The van der Waals surface area contributed by atoms with E-state index in [0.717, 1.165) is 54.9 Å². The maximum Gasteiger partial charge on any atom is 0.220 e. The van der Waals surface area contributed by atoms with Crippen molar-refractivity contribution in [2.75, 3.05) is 24.5 Å². The standard InChI is InChI=1S/C21H25N5O/c27-19(24-12-15-1-2-15)11-14-5-9-26(10-6-14)18-4-8-22-17-13-25-21-16(20(17)18)3-7-23-21/h3-4,7-8,13-15H,1-2,5-6,9-12H2,(H,23,25)(H,24,27). The summed E-state index contributed by atoms with van der Waals surface area (Å²) in [4.78, 5) is 26.7. The number of anilines is 1. The van der Waals surface area contributed by atoms with Crippen LogP contribution in [0.2, 0.25) is 0 Å². The molecular formula is C21H25N5O. The number of H-pyrrole nitrogens is 1. The Morgan fingerprint density at radius 1 is 1.15 bits per heavy atom. The summed E-state index contributed by atoms with van der Waals surface area (Å²) in [5.41, 5.74) is 3.06. The van der Waals surface area contributed by atoms with Crippen molar-refractivity contribution < 1.29 is 4.79 Å². The molecule has 3 aromatic heterocycles. The summed E-state index contributed by atoms with van der Waals surface area (Å²) in [6.45, 7) is 2.84. The number of amides is 1. The van der Waals surface area contributed by atoms with Gasteiger partial charge in [-0.1, -0.05) is 0 Å². The number of rotatable bonds is 5. The van der Waals surface area contributed by atoms with Crippen LogP contribution in [0.3, 0.4) is 0 Å². The molecule has 3 aromatic rings. The van der Waals surface area contributed by atoms with Gasteiger partial charge in [-0.05, 0) is 49.7 Å². The van der Waals surface area contributed by atoms with Gasteiger partial charge in [0.15, 0.2) is 0 Å². The molecule has 0 aromatic carbocycles. The lowest BCUT2D eigenvalue weighted by Gasteiger charge is -2.34. The van der Waals surface area contributed by atoms with Crippen LogP contribution in [0, 0.1) is 11.8 Å². The van der Waals surface area contributed by atoms with E-state index in [1.54, 1.807) is 0 Å². The van der Waals surface area contributed by atoms with Gasteiger partial charge >= 0.3 is 0 Å². The topological polar surface area (TPSA) is 73.9 Å². The Kier molecular flexibility index (Phi) is 4.19. The third kappa shape index (κ3) is 3.36. The number of pyridine rings is 2. The molecule has 140 valence electrons. The monoisotopic (exact) mass is 363 g/mol. The Hall–Kier alpha value is -2.63. The largest absolute Gasteiger partial charge is 0.371 e. The number of nitrogens with one attached hydrogen (secondary N) is 2. The third-order valence-electron chi connectivity index (χ3n) is 5.98. The highest BCUT2D eigenvalue weighted by atomic mass is 16.1. The van der Waals surface area contributed by atoms with Gasteiger partial charge in [0, 0.05) is 54.9 Å². The molecule has 2 aliphatic rings. The Morgan fingerprint density at radius 3 is 2.81 bits per heavy atom. The molecule has 1 saturated heterocycles. The van der Waals surface area contributed by atoms with Gasteiger partial charge in [-0.3, -0.25) is 9.78 Å². The molecule has 2 fully saturated rings. The Labute approximate surface area is 158 Å². The minimum absolute atomic E-state index is 0.231. The van der Waals surface area contributed by atoms with Gasteiger partial charge in [-0.25, -0.2) is 4.98 Å². The second-order valence-electron chi connectivity index (χ2n) is 7.97. The Bertz CT molecular complexity index is 969. The summed E-state index contributed by atoms with van der Waals surface area (Å²) in [6.07, 6.45) is 11.0. The smallest absolute Gasteiger partial charge is 0.220 e. The molecule has 1 aliphatic heterocycles. The first-order valence-corrected chi connectivity index (χ1v) is 10.0. The maximum atomic E-state index is 12.1. The summed E-state index contributed by atoms with van der Waals surface area (Å²) in [5.74, 6) is 1.47. The van der Waals surface area contributed by atoms with Crippen molar-refractivity contribution >= 4 is 33.5 Å². The zero-order valence-electron chi connectivity index (χ0n) is 15.4. The van der Waals surface area contributed by atoms with Crippen molar-refractivity contribution in [3.05, 3.63) is 30.7 Å². The zero-order chi connectivity index (χ0) is 18.2. The highest BCUT2D eigenvalue weighted by Crippen LogP contribution is 2.34. The van der Waals surface area contributed by atoms with E-state index in [2.05, 4.69) is 37.3 Å². The highest BCUT2D eigenvalue weighted by Gasteiger charge is 2.25. The number of fused-ring (bicyclic) bond motifs is 3. The number of aromatic amines is 1. The van der Waals surface area contributed by atoms with Crippen molar-refractivity contribution in [2.45, 2.75) is 32.1 Å². The summed E-state index contributed by atoms with van der Waals surface area (Å²) in [6, 6.07) is 4.18. The van der Waals surface area contributed by atoms with Crippen LogP contribution < -0.4 is 10.2 Å². The predicted octanol–water partition coefficient (Wildman–Crippen LogP) is 3.24. The van der Waals surface area contributed by atoms with Crippen LogP contribution in [-0.2, 0) is 4.79 Å². The van der Waals surface area contributed by atoms with E-state index >= 15 is 0 Å². The molecule has 1 amide bonds. The van der Waals surface area contributed by atoms with Crippen molar-refractivity contribution in [2.24, 2.45) is 11.8 Å². The third-order valence-corrected chi connectivity index (χ3v) is 5.98. The molecule has 27 heavy (non-hydrogen) atoms. The molecule has 4 heterocycles. The van der Waals surface area contributed by atoms with Crippen LogP contribution in [0.4, 0.5) is 5.69 Å². The van der Waals surface area contributed by atoms with E-state index < -0.39 is 0 Å². The molecule has 1 saturated carbocycles. The van der Waals surface area contributed by atoms with E-state index in [9.17, 15) is 4.79 Å². The summed E-state index contributed by atoms with van der Waals surface area (Å²) in [7, 11) is 0. The van der Waals surface area contributed by atoms with E-state index in [1.165, 1.54) is 23.9 Å². The minimum Gasteiger partial charge on any atom is -0.371 e. The number of aromatic nitrogens is 3. The van der Waals surface area contributed by atoms with Crippen molar-refractivity contribution in [1.82, 2.24) is 20.3 Å². The lowest BCUT2D eigenvalue weighted by atomic mass is 9.92. The molecule has 2 N–H and O–H groups in total. The number of piperidine rings is 1. The van der Waals surface area contributed by atoms with Gasteiger partial charge in [0.2, 0.25) is 5.91 Å². The lowest BCUT2D eigenvalue weighted by Crippen LogP contribution is -2.36. The van der Waals surface area contributed by atoms with Crippen LogP contribution >= 0.6 is 0 Å². The van der Waals surface area contributed by atoms with E-state index in [0.29, 0.717) is 12.3 Å². The summed E-state index contributed by atoms with van der Waals surface area (Å²) >= 11 is 0. The van der Waals surface area contributed by atoms with Crippen LogP contribution in [-0.4, -0.2) is 40.5 Å². The molecule has 1 aliphatic carbocycles. The summed E-state index contributed by atoms with van der Waals surface area (Å²) < 4.78 is 0. The summed E-state index contributed by atoms with van der Waals surface area (Å²) in [5, 5.41) is 5.40.